The molecule has 0 atom stereocenters. The third kappa shape index (κ3) is 2.23. The zero-order valence-electron chi connectivity index (χ0n) is 11.9. The first-order valence-corrected chi connectivity index (χ1v) is 6.94. The zero-order valence-corrected chi connectivity index (χ0v) is 11.9. The molecular formula is C16H19N3O. The van der Waals surface area contributed by atoms with E-state index >= 15 is 0 Å². The molecule has 2 N–H and O–H groups in total. The van der Waals surface area contributed by atoms with E-state index in [-0.39, 0.29) is 5.91 Å². The van der Waals surface area contributed by atoms with E-state index in [0.717, 1.165) is 36.5 Å². The van der Waals surface area contributed by atoms with Crippen LogP contribution < -0.4 is 10.7 Å². The van der Waals surface area contributed by atoms with Crippen molar-refractivity contribution in [1.29, 1.82) is 0 Å². The predicted octanol–water partition coefficient (Wildman–Crippen LogP) is 2.13. The lowest BCUT2D eigenvalue weighted by atomic mass is 9.95. The number of amides is 1. The van der Waals surface area contributed by atoms with Crippen LogP contribution in [-0.2, 0) is 13.0 Å². The Labute approximate surface area is 118 Å². The first-order valence-electron chi connectivity index (χ1n) is 6.94. The number of aryl methyl sites for hydroxylation is 2. The number of hydrogen-bond donors (Lipinski definition) is 2. The van der Waals surface area contributed by atoms with Gasteiger partial charge in [0.1, 0.15) is 0 Å². The molecule has 0 spiro atoms. The number of nitrogens with one attached hydrogen (secondary N) is 2. The van der Waals surface area contributed by atoms with Crippen LogP contribution in [0.2, 0.25) is 0 Å². The lowest BCUT2D eigenvalue weighted by molar-refractivity contribution is 0.101. The van der Waals surface area contributed by atoms with Crippen LogP contribution in [0.25, 0.3) is 0 Å². The van der Waals surface area contributed by atoms with E-state index in [1.54, 1.807) is 0 Å². The van der Waals surface area contributed by atoms with Crippen molar-refractivity contribution in [2.45, 2.75) is 26.8 Å². The highest BCUT2D eigenvalue weighted by Crippen LogP contribution is 2.19. The lowest BCUT2D eigenvalue weighted by Crippen LogP contribution is -2.29. The van der Waals surface area contributed by atoms with E-state index in [2.05, 4.69) is 16.8 Å². The zero-order chi connectivity index (χ0) is 14.1. The minimum atomic E-state index is -0.0360. The van der Waals surface area contributed by atoms with Gasteiger partial charge in [0, 0.05) is 23.5 Å². The van der Waals surface area contributed by atoms with E-state index in [0.29, 0.717) is 0 Å². The van der Waals surface area contributed by atoms with Gasteiger partial charge < -0.3 is 5.32 Å². The average Bonchev–Trinajstić information content (AvgIpc) is 2.78. The Morgan fingerprint density at radius 1 is 1.20 bits per heavy atom. The second kappa shape index (κ2) is 5.13. The summed E-state index contributed by atoms with van der Waals surface area (Å²) in [5.41, 5.74) is 8.23. The minimum Gasteiger partial charge on any atom is -0.312 e. The maximum Gasteiger partial charge on any atom is 0.270 e. The Hall–Kier alpha value is -2.07. The molecular weight excluding hydrogens is 250 g/mol. The third-order valence-corrected chi connectivity index (χ3v) is 3.87. The summed E-state index contributed by atoms with van der Waals surface area (Å²) >= 11 is 0. The molecule has 1 aromatic carbocycles. The molecule has 0 saturated carbocycles. The van der Waals surface area contributed by atoms with Crippen LogP contribution in [0.1, 0.15) is 32.9 Å². The second-order valence-corrected chi connectivity index (χ2v) is 5.26. The van der Waals surface area contributed by atoms with Crippen LogP contribution in [0.5, 0.6) is 0 Å². The first-order chi connectivity index (χ1) is 9.66. The number of aromatic nitrogens is 1. The Morgan fingerprint density at radius 3 is 2.70 bits per heavy atom. The van der Waals surface area contributed by atoms with Gasteiger partial charge in [-0.2, -0.15) is 0 Å². The SMILES string of the molecule is Cc1ccc(C)n1NC(=O)c1cccc2c1CCNC2. The van der Waals surface area contributed by atoms with Crippen molar-refractivity contribution in [2.24, 2.45) is 0 Å². The van der Waals surface area contributed by atoms with Crippen molar-refractivity contribution in [2.75, 3.05) is 12.0 Å². The Bertz CT molecular complexity index is 638. The van der Waals surface area contributed by atoms with Crippen LogP contribution in [0.4, 0.5) is 0 Å². The van der Waals surface area contributed by atoms with Crippen molar-refractivity contribution in [3.63, 3.8) is 0 Å². The molecule has 0 aliphatic carbocycles. The van der Waals surface area contributed by atoms with E-state index in [1.165, 1.54) is 11.1 Å². The number of rotatable bonds is 2. The molecule has 2 heterocycles. The first kappa shape index (κ1) is 12.9. The van der Waals surface area contributed by atoms with Gasteiger partial charge in [0.2, 0.25) is 0 Å². The summed E-state index contributed by atoms with van der Waals surface area (Å²) < 4.78 is 1.84. The van der Waals surface area contributed by atoms with Crippen LogP contribution in [0, 0.1) is 13.8 Å². The van der Waals surface area contributed by atoms with Crippen molar-refractivity contribution in [3.05, 3.63) is 58.4 Å². The van der Waals surface area contributed by atoms with Crippen molar-refractivity contribution >= 4 is 5.91 Å². The van der Waals surface area contributed by atoms with Gasteiger partial charge in [-0.05, 0) is 56.1 Å². The van der Waals surface area contributed by atoms with Gasteiger partial charge in [0.25, 0.3) is 5.91 Å². The molecule has 20 heavy (non-hydrogen) atoms. The summed E-state index contributed by atoms with van der Waals surface area (Å²) in [6, 6.07) is 9.95. The summed E-state index contributed by atoms with van der Waals surface area (Å²) in [5, 5.41) is 3.33. The molecule has 2 aromatic rings. The summed E-state index contributed by atoms with van der Waals surface area (Å²) in [4.78, 5) is 12.5. The van der Waals surface area contributed by atoms with Crippen LogP contribution in [-0.4, -0.2) is 17.1 Å². The maximum atomic E-state index is 12.5. The normalized spacial score (nSPS) is 13.9. The topological polar surface area (TPSA) is 46.1 Å². The molecule has 0 radical (unpaired) electrons. The monoisotopic (exact) mass is 269 g/mol. The van der Waals surface area contributed by atoms with Gasteiger partial charge in [0.15, 0.2) is 0 Å². The molecule has 1 amide bonds. The van der Waals surface area contributed by atoms with Crippen LogP contribution in [0.15, 0.2) is 30.3 Å². The fraction of sp³-hybridized carbons (Fsp3) is 0.312. The van der Waals surface area contributed by atoms with Gasteiger partial charge in [-0.15, -0.1) is 0 Å². The average molecular weight is 269 g/mol. The number of carbonyl (C=O) groups is 1. The molecule has 104 valence electrons. The molecule has 0 fully saturated rings. The molecule has 3 rings (SSSR count). The molecule has 1 aliphatic rings. The van der Waals surface area contributed by atoms with Gasteiger partial charge in [-0.25, -0.2) is 0 Å². The Kier molecular flexibility index (Phi) is 3.32. The van der Waals surface area contributed by atoms with Crippen molar-refractivity contribution < 1.29 is 4.79 Å². The van der Waals surface area contributed by atoms with Gasteiger partial charge in [-0.1, -0.05) is 12.1 Å². The largest absolute Gasteiger partial charge is 0.312 e. The highest BCUT2D eigenvalue weighted by Gasteiger charge is 2.17. The number of carbonyl (C=O) groups excluding carboxylic acids is 1. The summed E-state index contributed by atoms with van der Waals surface area (Å²) in [5.74, 6) is -0.0360. The lowest BCUT2D eigenvalue weighted by Gasteiger charge is -2.20. The van der Waals surface area contributed by atoms with E-state index in [1.807, 2.05) is 42.8 Å². The van der Waals surface area contributed by atoms with Crippen molar-refractivity contribution in [3.8, 4) is 0 Å². The highest BCUT2D eigenvalue weighted by molar-refractivity contribution is 6.01. The van der Waals surface area contributed by atoms with Gasteiger partial charge in [0.05, 0.1) is 0 Å². The number of hydrogen-bond acceptors (Lipinski definition) is 2. The smallest absolute Gasteiger partial charge is 0.270 e. The van der Waals surface area contributed by atoms with Crippen LogP contribution >= 0.6 is 0 Å². The van der Waals surface area contributed by atoms with Gasteiger partial charge >= 0.3 is 0 Å². The molecule has 4 nitrogen and oxygen atoms in total. The molecule has 0 unspecified atom stereocenters. The van der Waals surface area contributed by atoms with Gasteiger partial charge in [-0.3, -0.25) is 14.9 Å². The van der Waals surface area contributed by atoms with E-state index < -0.39 is 0 Å². The standard InChI is InChI=1S/C16H19N3O/c1-11-6-7-12(2)19(11)18-16(20)15-5-3-4-13-10-17-9-8-14(13)15/h3-7,17H,8-10H2,1-2H3,(H,18,20). The third-order valence-electron chi connectivity index (χ3n) is 3.87. The molecule has 4 heteroatoms. The fourth-order valence-corrected chi connectivity index (χ4v) is 2.75. The van der Waals surface area contributed by atoms with E-state index in [9.17, 15) is 4.79 Å². The quantitative estimate of drug-likeness (QED) is 0.877. The second-order valence-electron chi connectivity index (χ2n) is 5.26. The summed E-state index contributed by atoms with van der Waals surface area (Å²) in [7, 11) is 0. The fourth-order valence-electron chi connectivity index (χ4n) is 2.75. The van der Waals surface area contributed by atoms with E-state index in [4.69, 9.17) is 0 Å². The molecule has 0 saturated heterocycles. The number of benzene rings is 1. The summed E-state index contributed by atoms with van der Waals surface area (Å²) in [6.45, 7) is 5.74. The molecule has 0 bridgehead atoms. The molecule has 1 aromatic heterocycles. The predicted molar refractivity (Wildman–Crippen MR) is 79.4 cm³/mol. The Morgan fingerprint density at radius 2 is 1.95 bits per heavy atom. The number of nitrogens with zero attached hydrogens (tertiary/aromatic N) is 1. The van der Waals surface area contributed by atoms with Crippen LogP contribution in [0.3, 0.4) is 0 Å². The molecule has 1 aliphatic heterocycles. The maximum absolute atomic E-state index is 12.5. The highest BCUT2D eigenvalue weighted by atomic mass is 16.2. The number of fused-ring (bicyclic) bond motifs is 1. The van der Waals surface area contributed by atoms with Crippen molar-refractivity contribution in [1.82, 2.24) is 9.99 Å². The Balaban J connectivity index is 1.92. The minimum absolute atomic E-state index is 0.0360. The summed E-state index contributed by atoms with van der Waals surface area (Å²) in [6.07, 6.45) is 0.905.